The van der Waals surface area contributed by atoms with E-state index in [-0.39, 0.29) is 11.8 Å². The molecular weight excluding hydrogens is 256 g/mol. The van der Waals surface area contributed by atoms with Crippen LogP contribution in [0.4, 0.5) is 0 Å². The number of carbonyl (C=O) groups is 2. The summed E-state index contributed by atoms with van der Waals surface area (Å²) < 4.78 is 0. The minimum absolute atomic E-state index is 0.00866. The van der Waals surface area contributed by atoms with Gasteiger partial charge in [-0.2, -0.15) is 5.10 Å². The normalized spacial score (nSPS) is 24.3. The standard InChI is InChI=1S/C14H22N4O2/c19-13-4-3-12(16-17-13)14(20)18-7-5-11(6-8-18)15-9-10-1-2-10/h10-11,15H,1-9H2,(H,17,19). The number of likely N-dealkylation sites (tertiary alicyclic amines) is 1. The van der Waals surface area contributed by atoms with E-state index in [4.69, 9.17) is 0 Å². The predicted molar refractivity (Wildman–Crippen MR) is 75.1 cm³/mol. The molecule has 110 valence electrons. The molecule has 2 N–H and O–H groups in total. The molecule has 0 bridgehead atoms. The molecule has 2 fully saturated rings. The van der Waals surface area contributed by atoms with Crippen LogP contribution in [0.2, 0.25) is 0 Å². The number of nitrogens with zero attached hydrogens (tertiary/aromatic N) is 2. The number of amides is 2. The Hall–Kier alpha value is -1.43. The van der Waals surface area contributed by atoms with Crippen molar-refractivity contribution in [2.45, 2.75) is 44.6 Å². The Balaban J connectivity index is 1.44. The van der Waals surface area contributed by atoms with Crippen LogP contribution in [0.15, 0.2) is 5.10 Å². The van der Waals surface area contributed by atoms with Gasteiger partial charge in [-0.15, -0.1) is 0 Å². The Kier molecular flexibility index (Phi) is 4.00. The molecule has 3 rings (SSSR count). The summed E-state index contributed by atoms with van der Waals surface area (Å²) in [6.45, 7) is 2.71. The Morgan fingerprint density at radius 2 is 2.00 bits per heavy atom. The van der Waals surface area contributed by atoms with Crippen molar-refractivity contribution < 1.29 is 9.59 Å². The highest BCUT2D eigenvalue weighted by atomic mass is 16.2. The first-order chi connectivity index (χ1) is 9.72. The molecule has 6 nitrogen and oxygen atoms in total. The summed E-state index contributed by atoms with van der Waals surface area (Å²) in [5, 5.41) is 7.49. The highest BCUT2D eigenvalue weighted by molar-refractivity contribution is 6.39. The maximum atomic E-state index is 12.3. The zero-order valence-electron chi connectivity index (χ0n) is 11.7. The summed E-state index contributed by atoms with van der Waals surface area (Å²) in [7, 11) is 0. The van der Waals surface area contributed by atoms with E-state index < -0.39 is 0 Å². The first kappa shape index (κ1) is 13.5. The van der Waals surface area contributed by atoms with Crippen molar-refractivity contribution in [1.29, 1.82) is 0 Å². The molecule has 0 unspecified atom stereocenters. The second-order valence-electron chi connectivity index (χ2n) is 6.01. The van der Waals surface area contributed by atoms with Crippen LogP contribution in [-0.2, 0) is 9.59 Å². The zero-order valence-corrected chi connectivity index (χ0v) is 11.7. The fourth-order valence-electron chi connectivity index (χ4n) is 2.75. The van der Waals surface area contributed by atoms with Gasteiger partial charge in [0.1, 0.15) is 5.71 Å². The van der Waals surface area contributed by atoms with E-state index in [1.807, 2.05) is 4.90 Å². The molecule has 1 saturated heterocycles. The van der Waals surface area contributed by atoms with Crippen molar-refractivity contribution in [3.63, 3.8) is 0 Å². The first-order valence-corrected chi connectivity index (χ1v) is 7.60. The highest BCUT2D eigenvalue weighted by Crippen LogP contribution is 2.28. The van der Waals surface area contributed by atoms with Crippen LogP contribution in [0.5, 0.6) is 0 Å². The molecule has 1 aliphatic carbocycles. The summed E-state index contributed by atoms with van der Waals surface area (Å²) in [5.74, 6) is 0.782. The third kappa shape index (κ3) is 3.36. The summed E-state index contributed by atoms with van der Waals surface area (Å²) in [6.07, 6.45) is 5.59. The van der Waals surface area contributed by atoms with Crippen molar-refractivity contribution >= 4 is 17.5 Å². The lowest BCUT2D eigenvalue weighted by molar-refractivity contribution is -0.125. The first-order valence-electron chi connectivity index (χ1n) is 7.60. The van der Waals surface area contributed by atoms with Crippen LogP contribution in [-0.4, -0.2) is 48.1 Å². The molecule has 6 heteroatoms. The average molecular weight is 278 g/mol. The fraction of sp³-hybridized carbons (Fsp3) is 0.786. The van der Waals surface area contributed by atoms with Gasteiger partial charge in [0.25, 0.3) is 5.91 Å². The molecule has 0 spiro atoms. The molecule has 0 radical (unpaired) electrons. The third-order valence-electron chi connectivity index (χ3n) is 4.33. The van der Waals surface area contributed by atoms with Gasteiger partial charge < -0.3 is 10.2 Å². The summed E-state index contributed by atoms with van der Waals surface area (Å²) >= 11 is 0. The van der Waals surface area contributed by atoms with Crippen LogP contribution in [0, 0.1) is 5.92 Å². The van der Waals surface area contributed by atoms with E-state index in [1.54, 1.807) is 0 Å². The Morgan fingerprint density at radius 3 is 2.60 bits per heavy atom. The highest BCUT2D eigenvalue weighted by Gasteiger charge is 2.28. The lowest BCUT2D eigenvalue weighted by Crippen LogP contribution is -2.48. The molecule has 2 heterocycles. The molecule has 0 aromatic carbocycles. The van der Waals surface area contributed by atoms with E-state index in [9.17, 15) is 9.59 Å². The minimum Gasteiger partial charge on any atom is -0.337 e. The summed E-state index contributed by atoms with van der Waals surface area (Å²) in [5.41, 5.74) is 2.88. The lowest BCUT2D eigenvalue weighted by Gasteiger charge is -2.33. The molecular formula is C14H22N4O2. The van der Waals surface area contributed by atoms with E-state index in [1.165, 1.54) is 12.8 Å². The van der Waals surface area contributed by atoms with Crippen molar-refractivity contribution in [3.05, 3.63) is 0 Å². The van der Waals surface area contributed by atoms with Gasteiger partial charge in [-0.1, -0.05) is 0 Å². The molecule has 0 atom stereocenters. The van der Waals surface area contributed by atoms with Crippen LogP contribution < -0.4 is 10.7 Å². The quantitative estimate of drug-likeness (QED) is 0.774. The van der Waals surface area contributed by atoms with Gasteiger partial charge in [-0.05, 0) is 38.1 Å². The molecule has 1 saturated carbocycles. The third-order valence-corrected chi connectivity index (χ3v) is 4.33. The van der Waals surface area contributed by atoms with E-state index in [2.05, 4.69) is 15.8 Å². The smallest absolute Gasteiger partial charge is 0.270 e. The van der Waals surface area contributed by atoms with Crippen LogP contribution in [0.3, 0.4) is 0 Å². The van der Waals surface area contributed by atoms with Gasteiger partial charge in [0.05, 0.1) is 0 Å². The average Bonchev–Trinajstić information content (AvgIpc) is 3.30. The van der Waals surface area contributed by atoms with Gasteiger partial charge in [0, 0.05) is 32.0 Å². The second kappa shape index (κ2) is 5.91. The van der Waals surface area contributed by atoms with Gasteiger partial charge in [0.2, 0.25) is 5.91 Å². The minimum atomic E-state index is -0.107. The van der Waals surface area contributed by atoms with E-state index >= 15 is 0 Å². The molecule has 20 heavy (non-hydrogen) atoms. The topological polar surface area (TPSA) is 73.8 Å². The number of nitrogens with one attached hydrogen (secondary N) is 2. The van der Waals surface area contributed by atoms with Gasteiger partial charge in [0.15, 0.2) is 0 Å². The molecule has 2 amide bonds. The number of hydrazone groups is 1. The summed E-state index contributed by atoms with van der Waals surface area (Å²) in [6, 6.07) is 0.549. The zero-order chi connectivity index (χ0) is 13.9. The van der Waals surface area contributed by atoms with Crippen LogP contribution in [0.1, 0.15) is 38.5 Å². The number of piperidine rings is 1. The Morgan fingerprint density at radius 1 is 1.25 bits per heavy atom. The number of hydrogen-bond acceptors (Lipinski definition) is 4. The second-order valence-corrected chi connectivity index (χ2v) is 6.01. The van der Waals surface area contributed by atoms with Crippen molar-refractivity contribution in [3.8, 4) is 0 Å². The fourth-order valence-corrected chi connectivity index (χ4v) is 2.75. The number of rotatable bonds is 4. The Bertz CT molecular complexity index is 423. The molecule has 3 aliphatic rings. The maximum absolute atomic E-state index is 12.3. The van der Waals surface area contributed by atoms with Crippen LogP contribution in [0.25, 0.3) is 0 Å². The molecule has 0 aromatic heterocycles. The van der Waals surface area contributed by atoms with E-state index in [0.717, 1.165) is 38.4 Å². The van der Waals surface area contributed by atoms with Gasteiger partial charge in [-0.3, -0.25) is 9.59 Å². The molecule has 2 aliphatic heterocycles. The van der Waals surface area contributed by atoms with Gasteiger partial charge in [-0.25, -0.2) is 5.43 Å². The number of hydrogen-bond donors (Lipinski definition) is 2. The number of carbonyl (C=O) groups excluding carboxylic acids is 2. The SMILES string of the molecule is O=C1CCC(C(=O)N2CCC(NCC3CC3)CC2)=NN1. The van der Waals surface area contributed by atoms with Crippen LogP contribution >= 0.6 is 0 Å². The van der Waals surface area contributed by atoms with Crippen molar-refractivity contribution in [2.24, 2.45) is 11.0 Å². The van der Waals surface area contributed by atoms with E-state index in [0.29, 0.717) is 24.6 Å². The molecule has 0 aromatic rings. The predicted octanol–water partition coefficient (Wildman–Crippen LogP) is 0.243. The van der Waals surface area contributed by atoms with Crippen molar-refractivity contribution in [2.75, 3.05) is 19.6 Å². The monoisotopic (exact) mass is 278 g/mol. The maximum Gasteiger partial charge on any atom is 0.270 e. The summed E-state index contributed by atoms with van der Waals surface area (Å²) in [4.78, 5) is 25.2. The van der Waals surface area contributed by atoms with Gasteiger partial charge >= 0.3 is 0 Å². The largest absolute Gasteiger partial charge is 0.337 e. The lowest BCUT2D eigenvalue weighted by atomic mass is 10.0. The van der Waals surface area contributed by atoms with Crippen molar-refractivity contribution in [1.82, 2.24) is 15.6 Å². The Labute approximate surface area is 119 Å².